The lowest BCUT2D eigenvalue weighted by Gasteiger charge is -2.31. The first-order valence-electron chi connectivity index (χ1n) is 8.95. The van der Waals surface area contributed by atoms with E-state index in [4.69, 9.17) is 4.74 Å². The summed E-state index contributed by atoms with van der Waals surface area (Å²) in [7, 11) is 0. The van der Waals surface area contributed by atoms with Gasteiger partial charge in [-0.25, -0.2) is 4.39 Å². The number of ether oxygens (including phenoxy) is 1. The number of hydrogen-bond donors (Lipinski definition) is 0. The molecule has 0 N–H and O–H groups in total. The van der Waals surface area contributed by atoms with Gasteiger partial charge in [0.2, 0.25) is 0 Å². The molecule has 0 spiro atoms. The zero-order valence-electron chi connectivity index (χ0n) is 15.0. The van der Waals surface area contributed by atoms with Gasteiger partial charge in [-0.15, -0.1) is 0 Å². The fourth-order valence-electron chi connectivity index (χ4n) is 3.17. The Morgan fingerprint density at radius 1 is 1.07 bits per heavy atom. The van der Waals surface area contributed by atoms with Crippen LogP contribution in [-0.2, 0) is 9.53 Å². The van der Waals surface area contributed by atoms with Crippen LogP contribution in [0.15, 0.2) is 53.0 Å². The average molecular weight is 434 g/mol. The summed E-state index contributed by atoms with van der Waals surface area (Å²) in [6.07, 6.45) is 0.731. The molecule has 1 unspecified atom stereocenters. The summed E-state index contributed by atoms with van der Waals surface area (Å²) >= 11 is 3.36. The van der Waals surface area contributed by atoms with Gasteiger partial charge < -0.3 is 9.64 Å². The molecule has 1 fully saturated rings. The molecule has 3 rings (SSSR count). The number of nitrogens with zero attached hydrogens (tertiary/aromatic N) is 1. The normalized spacial score (nSPS) is 16.0. The lowest BCUT2D eigenvalue weighted by molar-refractivity contribution is -0.155. The summed E-state index contributed by atoms with van der Waals surface area (Å²) in [5, 5.41) is 0. The van der Waals surface area contributed by atoms with Crippen LogP contribution in [0.25, 0.3) is 0 Å². The molecule has 0 radical (unpaired) electrons. The number of rotatable bonds is 4. The number of benzene rings is 2. The predicted octanol–water partition coefficient (Wildman–Crippen LogP) is 4.74. The standard InChI is InChI=1S/C21H21BrFNO3/c1-14(15-4-8-19(23)9-5-15)27-21(26)17-10-12-24(13-11-17)20(25)16-2-6-18(22)7-3-16/h2-9,14,17H,10-13H2,1H3. The van der Waals surface area contributed by atoms with Gasteiger partial charge in [-0.1, -0.05) is 28.1 Å². The zero-order chi connectivity index (χ0) is 19.4. The lowest BCUT2D eigenvalue weighted by atomic mass is 9.96. The second-order valence-corrected chi connectivity index (χ2v) is 7.62. The minimum absolute atomic E-state index is 0.0194. The monoisotopic (exact) mass is 433 g/mol. The molecule has 1 amide bonds. The van der Waals surface area contributed by atoms with Crippen molar-refractivity contribution < 1.29 is 18.7 Å². The Morgan fingerprint density at radius 3 is 2.26 bits per heavy atom. The van der Waals surface area contributed by atoms with Crippen molar-refractivity contribution in [2.24, 2.45) is 5.92 Å². The molecule has 0 bridgehead atoms. The molecule has 1 heterocycles. The van der Waals surface area contributed by atoms with Crippen molar-refractivity contribution in [3.63, 3.8) is 0 Å². The number of likely N-dealkylation sites (tertiary alicyclic amines) is 1. The molecule has 2 aromatic rings. The number of carbonyl (C=O) groups excluding carboxylic acids is 2. The van der Waals surface area contributed by atoms with E-state index in [2.05, 4.69) is 15.9 Å². The second kappa shape index (κ2) is 8.65. The molecule has 142 valence electrons. The van der Waals surface area contributed by atoms with Crippen molar-refractivity contribution in [1.82, 2.24) is 4.90 Å². The summed E-state index contributed by atoms with van der Waals surface area (Å²) in [5.74, 6) is -0.821. The van der Waals surface area contributed by atoms with Crippen molar-refractivity contribution in [2.45, 2.75) is 25.9 Å². The summed E-state index contributed by atoms with van der Waals surface area (Å²) in [5.41, 5.74) is 1.40. The Bertz CT molecular complexity index is 799. The Kier molecular flexibility index (Phi) is 6.26. The third kappa shape index (κ3) is 4.95. The summed E-state index contributed by atoms with van der Waals surface area (Å²) in [6.45, 7) is 2.83. The number of amides is 1. The van der Waals surface area contributed by atoms with E-state index >= 15 is 0 Å². The van der Waals surface area contributed by atoms with Crippen LogP contribution in [0.2, 0.25) is 0 Å². The number of piperidine rings is 1. The zero-order valence-corrected chi connectivity index (χ0v) is 16.6. The van der Waals surface area contributed by atoms with E-state index in [1.165, 1.54) is 12.1 Å². The maximum atomic E-state index is 13.0. The van der Waals surface area contributed by atoms with Crippen molar-refractivity contribution in [3.8, 4) is 0 Å². The van der Waals surface area contributed by atoms with Crippen molar-refractivity contribution >= 4 is 27.8 Å². The van der Waals surface area contributed by atoms with Crippen LogP contribution in [-0.4, -0.2) is 29.9 Å². The first-order chi connectivity index (χ1) is 12.9. The molecular weight excluding hydrogens is 413 g/mol. The number of esters is 1. The van der Waals surface area contributed by atoms with Crippen LogP contribution in [0.3, 0.4) is 0 Å². The molecule has 0 aliphatic carbocycles. The molecule has 0 aromatic heterocycles. The van der Waals surface area contributed by atoms with Gasteiger partial charge in [0.15, 0.2) is 0 Å². The van der Waals surface area contributed by atoms with Gasteiger partial charge in [0.25, 0.3) is 5.91 Å². The van der Waals surface area contributed by atoms with E-state index in [9.17, 15) is 14.0 Å². The average Bonchev–Trinajstić information content (AvgIpc) is 2.68. The third-order valence-electron chi connectivity index (χ3n) is 4.84. The van der Waals surface area contributed by atoms with E-state index in [-0.39, 0.29) is 23.6 Å². The Hall–Kier alpha value is -2.21. The van der Waals surface area contributed by atoms with Crippen molar-refractivity contribution in [3.05, 3.63) is 69.9 Å². The summed E-state index contributed by atoms with van der Waals surface area (Å²) < 4.78 is 19.5. The summed E-state index contributed by atoms with van der Waals surface area (Å²) in [6, 6.07) is 13.2. The topological polar surface area (TPSA) is 46.6 Å². The van der Waals surface area contributed by atoms with Gasteiger partial charge in [-0.3, -0.25) is 9.59 Å². The van der Waals surface area contributed by atoms with Crippen LogP contribution in [0, 0.1) is 11.7 Å². The molecule has 1 aliphatic rings. The third-order valence-corrected chi connectivity index (χ3v) is 5.37. The minimum atomic E-state index is -0.430. The highest BCUT2D eigenvalue weighted by Crippen LogP contribution is 2.25. The first kappa shape index (κ1) is 19.5. The molecular formula is C21H21BrFNO3. The first-order valence-corrected chi connectivity index (χ1v) is 9.74. The van der Waals surface area contributed by atoms with Gasteiger partial charge in [0.1, 0.15) is 11.9 Å². The van der Waals surface area contributed by atoms with E-state index in [0.29, 0.717) is 31.5 Å². The highest BCUT2D eigenvalue weighted by Gasteiger charge is 2.29. The smallest absolute Gasteiger partial charge is 0.309 e. The molecule has 1 saturated heterocycles. The summed E-state index contributed by atoms with van der Waals surface area (Å²) in [4.78, 5) is 26.7. The predicted molar refractivity (Wildman–Crippen MR) is 104 cm³/mol. The maximum Gasteiger partial charge on any atom is 0.309 e. The van der Waals surface area contributed by atoms with Crippen molar-refractivity contribution in [2.75, 3.05) is 13.1 Å². The Balaban J connectivity index is 1.52. The molecule has 1 atom stereocenters. The SMILES string of the molecule is CC(OC(=O)C1CCN(C(=O)c2ccc(Br)cc2)CC1)c1ccc(F)cc1. The van der Waals surface area contributed by atoms with E-state index in [0.717, 1.165) is 10.0 Å². The maximum absolute atomic E-state index is 13.0. The largest absolute Gasteiger partial charge is 0.458 e. The molecule has 27 heavy (non-hydrogen) atoms. The van der Waals surface area contributed by atoms with E-state index in [1.54, 1.807) is 36.1 Å². The molecule has 6 heteroatoms. The van der Waals surface area contributed by atoms with Gasteiger partial charge in [-0.2, -0.15) is 0 Å². The lowest BCUT2D eigenvalue weighted by Crippen LogP contribution is -2.40. The highest BCUT2D eigenvalue weighted by atomic mass is 79.9. The van der Waals surface area contributed by atoms with Crippen LogP contribution in [0.5, 0.6) is 0 Å². The molecule has 4 nitrogen and oxygen atoms in total. The van der Waals surface area contributed by atoms with Crippen LogP contribution < -0.4 is 0 Å². The quantitative estimate of drug-likeness (QED) is 0.653. The number of halogens is 2. The fraction of sp³-hybridized carbons (Fsp3) is 0.333. The highest BCUT2D eigenvalue weighted by molar-refractivity contribution is 9.10. The number of carbonyl (C=O) groups is 2. The van der Waals surface area contributed by atoms with Gasteiger partial charge >= 0.3 is 5.97 Å². The minimum Gasteiger partial charge on any atom is -0.458 e. The van der Waals surface area contributed by atoms with Crippen LogP contribution in [0.4, 0.5) is 4.39 Å². The molecule has 0 saturated carbocycles. The van der Waals surface area contributed by atoms with E-state index < -0.39 is 6.10 Å². The van der Waals surface area contributed by atoms with Crippen molar-refractivity contribution in [1.29, 1.82) is 0 Å². The Morgan fingerprint density at radius 2 is 1.67 bits per heavy atom. The fourth-order valence-corrected chi connectivity index (χ4v) is 3.43. The number of hydrogen-bond acceptors (Lipinski definition) is 3. The molecule has 1 aliphatic heterocycles. The van der Waals surface area contributed by atoms with E-state index in [1.807, 2.05) is 12.1 Å². The van der Waals surface area contributed by atoms with Gasteiger partial charge in [0, 0.05) is 23.1 Å². The van der Waals surface area contributed by atoms with Gasteiger partial charge in [-0.05, 0) is 61.7 Å². The molecule has 2 aromatic carbocycles. The second-order valence-electron chi connectivity index (χ2n) is 6.70. The van der Waals surface area contributed by atoms with Gasteiger partial charge in [0.05, 0.1) is 5.92 Å². The Labute approximate surface area is 166 Å². The van der Waals surface area contributed by atoms with Crippen LogP contribution >= 0.6 is 15.9 Å². The van der Waals surface area contributed by atoms with Crippen LogP contribution in [0.1, 0.15) is 41.8 Å².